The maximum Gasteiger partial charge on any atom is 0.230 e. The van der Waals surface area contributed by atoms with E-state index >= 15 is 0 Å². The molecule has 0 bridgehead atoms. The summed E-state index contributed by atoms with van der Waals surface area (Å²) in [5.74, 6) is 1.10. The third kappa shape index (κ3) is 3.37. The van der Waals surface area contributed by atoms with Crippen LogP contribution in [0.2, 0.25) is 19.6 Å². The van der Waals surface area contributed by atoms with Crippen LogP contribution in [0.5, 0.6) is 0 Å². The Kier molecular flexibility index (Phi) is 5.04. The lowest BCUT2D eigenvalue weighted by Gasteiger charge is -2.36. The fourth-order valence-electron chi connectivity index (χ4n) is 2.47. The second-order valence-corrected chi connectivity index (χ2v) is 11.5. The minimum Gasteiger partial charge on any atom is -0.337 e. The van der Waals surface area contributed by atoms with Crippen LogP contribution in [0.4, 0.5) is 0 Å². The fraction of sp³-hybridized carbons (Fsp3) is 0.600. The molecule has 1 saturated carbocycles. The zero-order valence-corrected chi connectivity index (χ0v) is 13.7. The van der Waals surface area contributed by atoms with Gasteiger partial charge in [-0.05, 0) is 52.5 Å². The molecule has 18 heavy (non-hydrogen) atoms. The summed E-state index contributed by atoms with van der Waals surface area (Å²) in [6.07, 6.45) is 6.12. The molecule has 3 heteroatoms. The Bertz CT molecular complexity index is 285. The number of nitrogens with zero attached hydrogens (tertiary/aromatic N) is 1. The first-order valence-corrected chi connectivity index (χ1v) is 10.2. The fourth-order valence-corrected chi connectivity index (χ4v) is 4.06. The van der Waals surface area contributed by atoms with E-state index < -0.39 is 8.07 Å². The Labute approximate surface area is 114 Å². The topological polar surface area (TPSA) is 20.3 Å². The number of hydrogen-bond donors (Lipinski definition) is 0. The summed E-state index contributed by atoms with van der Waals surface area (Å²) in [6, 6.07) is 0.476. The van der Waals surface area contributed by atoms with E-state index in [-0.39, 0.29) is 18.0 Å². The highest BCUT2D eigenvalue weighted by Crippen LogP contribution is 2.41. The zero-order chi connectivity index (χ0) is 14.1. The third-order valence-electron chi connectivity index (χ3n) is 3.20. The Morgan fingerprint density at radius 3 is 1.94 bits per heavy atom. The van der Waals surface area contributed by atoms with Gasteiger partial charge >= 0.3 is 0 Å². The van der Waals surface area contributed by atoms with Crippen LogP contribution in [0.25, 0.3) is 0 Å². The maximum absolute atomic E-state index is 12.7. The number of carbonyl (C=O) groups excluding carboxylic acids is 1. The number of amides is 1. The van der Waals surface area contributed by atoms with E-state index in [0.717, 1.165) is 5.92 Å². The molecule has 101 valence electrons. The molecule has 1 fully saturated rings. The summed E-state index contributed by atoms with van der Waals surface area (Å²) in [4.78, 5) is 14.7. The molecule has 1 aliphatic carbocycles. The molecule has 5 radical (unpaired) electrons. The maximum atomic E-state index is 12.7. The van der Waals surface area contributed by atoms with Crippen LogP contribution in [-0.2, 0) is 4.79 Å². The second kappa shape index (κ2) is 5.77. The molecule has 0 aromatic rings. The third-order valence-corrected chi connectivity index (χ3v) is 5.25. The van der Waals surface area contributed by atoms with Crippen LogP contribution in [0.1, 0.15) is 27.7 Å². The van der Waals surface area contributed by atoms with Gasteiger partial charge in [0, 0.05) is 12.1 Å². The molecule has 1 amide bonds. The van der Waals surface area contributed by atoms with E-state index in [2.05, 4.69) is 53.8 Å². The molecule has 2 nitrogen and oxygen atoms in total. The molecule has 1 aliphatic rings. The minimum atomic E-state index is -1.45. The Morgan fingerprint density at radius 1 is 1.06 bits per heavy atom. The Hall–Kier alpha value is -0.313. The average molecular weight is 264 g/mol. The summed E-state index contributed by atoms with van der Waals surface area (Å²) in [5, 5.41) is 0. The number of carbonyl (C=O) groups is 1. The van der Waals surface area contributed by atoms with E-state index in [1.807, 2.05) is 17.7 Å². The van der Waals surface area contributed by atoms with Gasteiger partial charge in [-0.3, -0.25) is 4.79 Å². The lowest BCUT2D eigenvalue weighted by atomic mass is 10.0. The van der Waals surface area contributed by atoms with E-state index in [1.54, 1.807) is 0 Å². The Balaban J connectivity index is 2.88. The summed E-state index contributed by atoms with van der Waals surface area (Å²) in [7, 11) is -1.45. The van der Waals surface area contributed by atoms with Crippen molar-refractivity contribution in [2.24, 2.45) is 0 Å². The van der Waals surface area contributed by atoms with Crippen molar-refractivity contribution in [3.8, 4) is 0 Å². The summed E-state index contributed by atoms with van der Waals surface area (Å²) in [6.45, 7) is 15.2. The quantitative estimate of drug-likeness (QED) is 0.714. The molecule has 0 heterocycles. The van der Waals surface area contributed by atoms with Gasteiger partial charge in [-0.2, -0.15) is 0 Å². The van der Waals surface area contributed by atoms with E-state index in [1.165, 1.54) is 5.54 Å². The van der Waals surface area contributed by atoms with Gasteiger partial charge in [-0.15, -0.1) is 0 Å². The highest BCUT2D eigenvalue weighted by Gasteiger charge is 2.44. The summed E-state index contributed by atoms with van der Waals surface area (Å²) >= 11 is 0. The van der Waals surface area contributed by atoms with E-state index in [4.69, 9.17) is 0 Å². The van der Waals surface area contributed by atoms with Crippen molar-refractivity contribution < 1.29 is 4.79 Å². The molecule has 1 rings (SSSR count). The van der Waals surface area contributed by atoms with Crippen LogP contribution in [0, 0.1) is 30.7 Å². The largest absolute Gasteiger partial charge is 0.337 e. The smallest absolute Gasteiger partial charge is 0.230 e. The highest BCUT2D eigenvalue weighted by molar-refractivity contribution is 6.83. The van der Waals surface area contributed by atoms with Crippen LogP contribution < -0.4 is 0 Å². The van der Waals surface area contributed by atoms with Gasteiger partial charge in [-0.25, -0.2) is 0 Å². The summed E-state index contributed by atoms with van der Waals surface area (Å²) in [5.41, 5.74) is 1.28. The molecule has 0 aliphatic heterocycles. The highest BCUT2D eigenvalue weighted by atomic mass is 28.3. The number of rotatable bonds is 4. The molecule has 0 unspecified atom stereocenters. The van der Waals surface area contributed by atoms with Crippen molar-refractivity contribution in [2.45, 2.75) is 59.4 Å². The first-order valence-electron chi connectivity index (χ1n) is 6.75. The van der Waals surface area contributed by atoms with Crippen molar-refractivity contribution in [1.82, 2.24) is 4.90 Å². The first-order chi connectivity index (χ1) is 8.16. The van der Waals surface area contributed by atoms with Crippen molar-refractivity contribution in [1.29, 1.82) is 0 Å². The summed E-state index contributed by atoms with van der Waals surface area (Å²) < 4.78 is 0. The van der Waals surface area contributed by atoms with Crippen LogP contribution in [-0.4, -0.2) is 31.0 Å². The van der Waals surface area contributed by atoms with Crippen molar-refractivity contribution in [2.75, 3.05) is 0 Å². The first kappa shape index (κ1) is 15.7. The van der Waals surface area contributed by atoms with Gasteiger partial charge in [0.1, 0.15) is 0 Å². The second-order valence-electron chi connectivity index (χ2n) is 6.50. The van der Waals surface area contributed by atoms with Crippen LogP contribution in [0.3, 0.4) is 0 Å². The molecular formula is C15H26NOSi. The van der Waals surface area contributed by atoms with Crippen molar-refractivity contribution >= 4 is 14.0 Å². The van der Waals surface area contributed by atoms with Crippen molar-refractivity contribution in [3.63, 3.8) is 0 Å². The number of hydrogen-bond acceptors (Lipinski definition) is 1. The Morgan fingerprint density at radius 2 is 1.56 bits per heavy atom. The van der Waals surface area contributed by atoms with Crippen LogP contribution >= 0.6 is 0 Å². The van der Waals surface area contributed by atoms with Gasteiger partial charge in [0.2, 0.25) is 5.91 Å². The lowest BCUT2D eigenvalue weighted by molar-refractivity contribution is -0.132. The van der Waals surface area contributed by atoms with E-state index in [0.29, 0.717) is 0 Å². The molecule has 0 N–H and O–H groups in total. The van der Waals surface area contributed by atoms with Gasteiger partial charge in [0.25, 0.3) is 0 Å². The lowest BCUT2D eigenvalue weighted by Crippen LogP contribution is -2.47. The predicted octanol–water partition coefficient (Wildman–Crippen LogP) is 3.28. The average Bonchev–Trinajstić information content (AvgIpc) is 2.63. The zero-order valence-electron chi connectivity index (χ0n) is 12.7. The monoisotopic (exact) mass is 264 g/mol. The molecule has 0 spiro atoms. The SMILES string of the molecule is CC(C)N(C(=O)[C]1[CH][CH][CH][C]1[Si](C)(C)C)C(C)C. The molecular weight excluding hydrogens is 238 g/mol. The van der Waals surface area contributed by atoms with E-state index in [9.17, 15) is 4.79 Å². The van der Waals surface area contributed by atoms with Gasteiger partial charge in [0.15, 0.2) is 0 Å². The normalized spacial score (nSPS) is 18.9. The molecule has 0 aromatic carbocycles. The molecule has 0 saturated heterocycles. The molecule has 0 atom stereocenters. The van der Waals surface area contributed by atoms with Gasteiger partial charge in [-0.1, -0.05) is 19.6 Å². The van der Waals surface area contributed by atoms with Gasteiger partial charge < -0.3 is 4.90 Å². The van der Waals surface area contributed by atoms with Crippen LogP contribution in [0.15, 0.2) is 0 Å². The van der Waals surface area contributed by atoms with Gasteiger partial charge in [0.05, 0.1) is 14.0 Å². The molecule has 0 aromatic heterocycles. The predicted molar refractivity (Wildman–Crippen MR) is 79.9 cm³/mol. The van der Waals surface area contributed by atoms with Crippen molar-refractivity contribution in [3.05, 3.63) is 30.7 Å². The minimum absolute atomic E-state index is 0.183. The standard InChI is InChI=1S/C15H26NOSi/c1-11(2)16(12(3)4)15(17)13-9-8-10-14(13)18(5,6)7/h8-12H,1-7H3.